The Morgan fingerprint density at radius 3 is 2.78 bits per heavy atom. The van der Waals surface area contributed by atoms with Crippen LogP contribution in [0.5, 0.6) is 0 Å². The molecule has 0 bridgehead atoms. The van der Waals surface area contributed by atoms with E-state index in [1.165, 1.54) is 6.07 Å². The molecule has 0 unspecified atom stereocenters. The molecule has 0 spiro atoms. The van der Waals surface area contributed by atoms with Crippen LogP contribution in [0.25, 0.3) is 0 Å². The molecule has 0 aromatic heterocycles. The van der Waals surface area contributed by atoms with Crippen molar-refractivity contribution in [1.29, 1.82) is 0 Å². The highest BCUT2D eigenvalue weighted by molar-refractivity contribution is 7.90. The third-order valence-corrected chi connectivity index (χ3v) is 5.14. The normalized spacial score (nSPS) is 19.3. The van der Waals surface area contributed by atoms with Crippen LogP contribution in [-0.4, -0.2) is 32.7 Å². The van der Waals surface area contributed by atoms with Crippen LogP contribution in [-0.2, 0) is 14.8 Å². The minimum absolute atomic E-state index is 0.0578. The average molecular weight is 333 g/mol. The van der Waals surface area contributed by atoms with Crippen molar-refractivity contribution in [2.45, 2.75) is 31.2 Å². The first kappa shape index (κ1) is 17.0. The van der Waals surface area contributed by atoms with Gasteiger partial charge in [-0.2, -0.15) is 0 Å². The molecule has 2 rings (SSSR count). The van der Waals surface area contributed by atoms with Crippen LogP contribution in [0.15, 0.2) is 34.2 Å². The molecule has 0 saturated heterocycles. The third kappa shape index (κ3) is 3.54. The monoisotopic (exact) mass is 333 g/mol. The molecule has 0 saturated carbocycles. The highest BCUT2D eigenvalue weighted by atomic mass is 32.2. The Bertz CT molecular complexity index is 778. The molecular weight excluding hydrogens is 314 g/mol. The van der Waals surface area contributed by atoms with Gasteiger partial charge in [0.15, 0.2) is 0 Å². The van der Waals surface area contributed by atoms with Crippen LogP contribution in [0.2, 0.25) is 0 Å². The molecule has 7 heteroatoms. The van der Waals surface area contributed by atoms with Gasteiger partial charge in [0.1, 0.15) is 11.9 Å². The first-order valence-electron chi connectivity index (χ1n) is 7.32. The highest BCUT2D eigenvalue weighted by Crippen LogP contribution is 2.23. The van der Waals surface area contributed by atoms with Gasteiger partial charge in [0.2, 0.25) is 5.91 Å². The summed E-state index contributed by atoms with van der Waals surface area (Å²) in [4.78, 5) is 16.8. The average Bonchev–Trinajstić information content (AvgIpc) is 2.80. The zero-order valence-corrected chi connectivity index (χ0v) is 13.9. The number of hydrogen-bond acceptors (Lipinski definition) is 4. The highest BCUT2D eigenvalue weighted by Gasteiger charge is 2.32. The minimum atomic E-state index is -3.62. The van der Waals surface area contributed by atoms with E-state index in [9.17, 15) is 13.2 Å². The van der Waals surface area contributed by atoms with Crippen molar-refractivity contribution in [2.24, 2.45) is 10.9 Å². The van der Waals surface area contributed by atoms with Crippen molar-refractivity contribution < 1.29 is 13.2 Å². The van der Waals surface area contributed by atoms with Gasteiger partial charge in [-0.25, -0.2) is 8.42 Å². The van der Waals surface area contributed by atoms with Gasteiger partial charge in [0.05, 0.1) is 11.4 Å². The molecule has 1 aliphatic heterocycles. The fourth-order valence-electron chi connectivity index (χ4n) is 2.28. The number of amidine groups is 1. The van der Waals surface area contributed by atoms with E-state index in [1.54, 1.807) is 18.2 Å². The standard InChI is InChI=1S/C16H19N3O3S/c1-4-10-17-16(20)14(11(3)5-2)18-15-12-8-6-7-9-13(12)23(21,22)19-15/h1,6-9,11,14H,5,10H2,2-3H3,(H,17,20)(H,18,19)/t11-,14-/m0/s1. The summed E-state index contributed by atoms with van der Waals surface area (Å²) in [6, 6.07) is 5.84. The van der Waals surface area contributed by atoms with Gasteiger partial charge in [0, 0.05) is 5.56 Å². The summed E-state index contributed by atoms with van der Waals surface area (Å²) < 4.78 is 26.6. The third-order valence-electron chi connectivity index (χ3n) is 3.75. The maximum Gasteiger partial charge on any atom is 0.263 e. The Morgan fingerprint density at radius 1 is 1.43 bits per heavy atom. The summed E-state index contributed by atoms with van der Waals surface area (Å²) in [5.74, 6) is 2.17. The molecule has 2 N–H and O–H groups in total. The second-order valence-corrected chi connectivity index (χ2v) is 6.98. The summed E-state index contributed by atoms with van der Waals surface area (Å²) in [5, 5.41) is 2.61. The number of carbonyl (C=O) groups is 1. The van der Waals surface area contributed by atoms with Crippen molar-refractivity contribution in [3.8, 4) is 12.3 Å². The minimum Gasteiger partial charge on any atom is -0.343 e. The van der Waals surface area contributed by atoms with E-state index in [-0.39, 0.29) is 29.1 Å². The summed E-state index contributed by atoms with van der Waals surface area (Å²) in [7, 11) is -3.62. The van der Waals surface area contributed by atoms with Crippen molar-refractivity contribution >= 4 is 21.8 Å². The van der Waals surface area contributed by atoms with Crippen LogP contribution in [0.1, 0.15) is 25.8 Å². The molecule has 0 radical (unpaired) electrons. The van der Waals surface area contributed by atoms with Crippen molar-refractivity contribution in [2.75, 3.05) is 6.54 Å². The zero-order chi connectivity index (χ0) is 17.0. The van der Waals surface area contributed by atoms with E-state index in [0.29, 0.717) is 5.56 Å². The fraction of sp³-hybridized carbons (Fsp3) is 0.375. The van der Waals surface area contributed by atoms with Gasteiger partial charge in [-0.1, -0.05) is 38.3 Å². The van der Waals surface area contributed by atoms with Crippen LogP contribution in [0, 0.1) is 18.3 Å². The van der Waals surface area contributed by atoms with E-state index < -0.39 is 16.1 Å². The van der Waals surface area contributed by atoms with Gasteiger partial charge in [-0.15, -0.1) is 6.42 Å². The number of nitrogens with zero attached hydrogens (tertiary/aromatic N) is 1. The van der Waals surface area contributed by atoms with Crippen LogP contribution >= 0.6 is 0 Å². The number of fused-ring (bicyclic) bond motifs is 1. The number of amides is 1. The number of terminal acetylenes is 1. The van der Waals surface area contributed by atoms with E-state index >= 15 is 0 Å². The molecule has 6 nitrogen and oxygen atoms in total. The molecule has 23 heavy (non-hydrogen) atoms. The Labute approximate surface area is 136 Å². The van der Waals surface area contributed by atoms with E-state index in [1.807, 2.05) is 13.8 Å². The Kier molecular flexibility index (Phi) is 5.06. The lowest BCUT2D eigenvalue weighted by atomic mass is 9.98. The first-order chi connectivity index (χ1) is 10.9. The number of hydrogen-bond donors (Lipinski definition) is 2. The molecule has 2 atom stereocenters. The summed E-state index contributed by atoms with van der Waals surface area (Å²) >= 11 is 0. The molecule has 0 fully saturated rings. The van der Waals surface area contributed by atoms with Crippen LogP contribution < -0.4 is 10.0 Å². The molecule has 1 aliphatic rings. The van der Waals surface area contributed by atoms with Gasteiger partial charge < -0.3 is 5.32 Å². The predicted molar refractivity (Wildman–Crippen MR) is 88.4 cm³/mol. The van der Waals surface area contributed by atoms with E-state index in [2.05, 4.69) is 21.0 Å². The lowest BCUT2D eigenvalue weighted by Crippen LogP contribution is -2.39. The molecule has 0 aliphatic carbocycles. The Balaban J connectivity index is 2.41. The number of aliphatic imine (C=N–C) groups is 1. The van der Waals surface area contributed by atoms with Crippen molar-refractivity contribution in [3.05, 3.63) is 29.8 Å². The lowest BCUT2D eigenvalue weighted by molar-refractivity contribution is -0.123. The number of nitrogens with one attached hydrogen (secondary N) is 2. The lowest BCUT2D eigenvalue weighted by Gasteiger charge is -2.18. The predicted octanol–water partition coefficient (Wildman–Crippen LogP) is 0.889. The second kappa shape index (κ2) is 6.84. The number of rotatable bonds is 5. The quantitative estimate of drug-likeness (QED) is 0.785. The van der Waals surface area contributed by atoms with Crippen molar-refractivity contribution in [3.63, 3.8) is 0 Å². The number of carbonyl (C=O) groups excluding carboxylic acids is 1. The summed E-state index contributed by atoms with van der Waals surface area (Å²) in [5.41, 5.74) is 0.477. The molecule has 1 aromatic rings. The first-order valence-corrected chi connectivity index (χ1v) is 8.80. The molecule has 1 amide bonds. The fourth-order valence-corrected chi connectivity index (χ4v) is 3.52. The topological polar surface area (TPSA) is 87.6 Å². The van der Waals surface area contributed by atoms with Gasteiger partial charge >= 0.3 is 0 Å². The zero-order valence-electron chi connectivity index (χ0n) is 13.0. The second-order valence-electron chi connectivity index (χ2n) is 5.33. The molecule has 122 valence electrons. The van der Waals surface area contributed by atoms with E-state index in [0.717, 1.165) is 6.42 Å². The summed E-state index contributed by atoms with van der Waals surface area (Å²) in [6.07, 6.45) is 5.88. The Morgan fingerprint density at radius 2 is 2.13 bits per heavy atom. The Hall–Kier alpha value is -2.33. The van der Waals surface area contributed by atoms with Gasteiger partial charge in [-0.05, 0) is 18.1 Å². The molecular formula is C16H19N3O3S. The SMILES string of the molecule is C#CCNC(=O)[C@@H](N=C1NS(=O)(=O)c2ccccc21)[C@@H](C)CC. The van der Waals surface area contributed by atoms with Gasteiger partial charge in [0.25, 0.3) is 10.0 Å². The molecule has 1 aromatic carbocycles. The van der Waals surface area contributed by atoms with Crippen LogP contribution in [0.3, 0.4) is 0 Å². The maximum atomic E-state index is 12.3. The van der Waals surface area contributed by atoms with Crippen molar-refractivity contribution in [1.82, 2.24) is 10.0 Å². The van der Waals surface area contributed by atoms with Gasteiger partial charge in [-0.3, -0.25) is 14.5 Å². The number of benzene rings is 1. The number of sulfonamides is 1. The van der Waals surface area contributed by atoms with E-state index in [4.69, 9.17) is 6.42 Å². The summed E-state index contributed by atoms with van der Waals surface area (Å²) in [6.45, 7) is 3.94. The maximum absolute atomic E-state index is 12.3. The van der Waals surface area contributed by atoms with Crippen LogP contribution in [0.4, 0.5) is 0 Å². The smallest absolute Gasteiger partial charge is 0.263 e. The molecule has 1 heterocycles. The largest absolute Gasteiger partial charge is 0.343 e.